The van der Waals surface area contributed by atoms with Crippen molar-refractivity contribution in [3.63, 3.8) is 0 Å². The van der Waals surface area contributed by atoms with Crippen LogP contribution in [0.25, 0.3) is 0 Å². The summed E-state index contributed by atoms with van der Waals surface area (Å²) in [6.45, 7) is 1.35. The molecule has 1 atom stereocenters. The topological polar surface area (TPSA) is 29.3 Å². The Morgan fingerprint density at radius 3 is 2.60 bits per heavy atom. The zero-order valence-electron chi connectivity index (χ0n) is 10.9. The molecule has 0 bridgehead atoms. The van der Waals surface area contributed by atoms with Gasteiger partial charge in [-0.05, 0) is 52.8 Å². The largest absolute Gasteiger partial charge is 0.329 e. The Balaban J connectivity index is 2.16. The number of hydrogen-bond donors (Lipinski definition) is 1. The summed E-state index contributed by atoms with van der Waals surface area (Å²) in [6.07, 6.45) is 0. The minimum atomic E-state index is 0.126. The van der Waals surface area contributed by atoms with Gasteiger partial charge in [-0.1, -0.05) is 29.3 Å². The third-order valence-electron chi connectivity index (χ3n) is 3.12. The minimum absolute atomic E-state index is 0.126. The van der Waals surface area contributed by atoms with E-state index in [0.29, 0.717) is 11.6 Å². The van der Waals surface area contributed by atoms with Gasteiger partial charge in [-0.2, -0.15) is 0 Å². The molecule has 2 N–H and O–H groups in total. The molecule has 0 aliphatic heterocycles. The molecule has 1 heterocycles. The Labute approximate surface area is 141 Å². The van der Waals surface area contributed by atoms with Crippen LogP contribution in [0.3, 0.4) is 0 Å². The van der Waals surface area contributed by atoms with E-state index in [0.717, 1.165) is 20.9 Å². The van der Waals surface area contributed by atoms with Gasteiger partial charge < -0.3 is 5.73 Å². The van der Waals surface area contributed by atoms with Crippen molar-refractivity contribution in [3.05, 3.63) is 54.6 Å². The summed E-state index contributed by atoms with van der Waals surface area (Å²) >= 11 is 17.1. The van der Waals surface area contributed by atoms with Gasteiger partial charge in [0.2, 0.25) is 0 Å². The van der Waals surface area contributed by atoms with Crippen LogP contribution in [0.1, 0.15) is 16.5 Å². The first-order valence-corrected chi connectivity index (χ1v) is 8.47. The molecular weight excluding hydrogens is 379 g/mol. The van der Waals surface area contributed by atoms with E-state index in [1.54, 1.807) is 11.3 Å². The predicted octanol–water partition coefficient (Wildman–Crippen LogP) is 4.95. The van der Waals surface area contributed by atoms with Crippen molar-refractivity contribution in [2.75, 3.05) is 13.6 Å². The first-order chi connectivity index (χ1) is 9.51. The fourth-order valence-corrected chi connectivity index (χ4v) is 3.67. The van der Waals surface area contributed by atoms with Crippen LogP contribution in [0, 0.1) is 0 Å². The van der Waals surface area contributed by atoms with Gasteiger partial charge in [-0.15, -0.1) is 11.3 Å². The molecule has 6 heteroatoms. The number of rotatable bonds is 5. The quantitative estimate of drug-likeness (QED) is 0.778. The molecule has 1 aromatic heterocycles. The van der Waals surface area contributed by atoms with Gasteiger partial charge in [-0.3, -0.25) is 4.90 Å². The lowest BCUT2D eigenvalue weighted by molar-refractivity contribution is 0.244. The van der Waals surface area contributed by atoms with E-state index in [1.807, 2.05) is 30.3 Å². The number of nitrogens with two attached hydrogens (primary N) is 1. The van der Waals surface area contributed by atoms with Gasteiger partial charge in [0.25, 0.3) is 0 Å². The fourth-order valence-electron chi connectivity index (χ4n) is 2.08. The van der Waals surface area contributed by atoms with Crippen LogP contribution in [0.4, 0.5) is 0 Å². The Bertz CT molecular complexity index is 588. The number of hydrogen-bond acceptors (Lipinski definition) is 3. The van der Waals surface area contributed by atoms with Gasteiger partial charge in [0, 0.05) is 28.5 Å². The Morgan fingerprint density at radius 1 is 1.30 bits per heavy atom. The second-order valence-corrected chi connectivity index (χ2v) is 7.61. The van der Waals surface area contributed by atoms with Gasteiger partial charge in [-0.25, -0.2) is 0 Å². The average Bonchev–Trinajstić information content (AvgIpc) is 2.80. The summed E-state index contributed by atoms with van der Waals surface area (Å²) in [7, 11) is 2.06. The highest BCUT2D eigenvalue weighted by Crippen LogP contribution is 2.29. The minimum Gasteiger partial charge on any atom is -0.329 e. The maximum atomic E-state index is 6.16. The maximum absolute atomic E-state index is 6.16. The van der Waals surface area contributed by atoms with E-state index in [1.165, 1.54) is 4.88 Å². The number of thiophene rings is 1. The lowest BCUT2D eigenvalue weighted by Gasteiger charge is -2.27. The molecule has 1 aromatic carbocycles. The highest BCUT2D eigenvalue weighted by molar-refractivity contribution is 9.10. The van der Waals surface area contributed by atoms with Crippen LogP contribution in [-0.4, -0.2) is 18.5 Å². The van der Waals surface area contributed by atoms with E-state index in [2.05, 4.69) is 27.9 Å². The zero-order valence-corrected chi connectivity index (χ0v) is 14.9. The molecule has 1 unspecified atom stereocenters. The molecule has 20 heavy (non-hydrogen) atoms. The fraction of sp³-hybridized carbons (Fsp3) is 0.286. The molecule has 0 aliphatic rings. The highest BCUT2D eigenvalue weighted by atomic mass is 79.9. The van der Waals surface area contributed by atoms with Crippen molar-refractivity contribution in [1.82, 2.24) is 4.90 Å². The summed E-state index contributed by atoms with van der Waals surface area (Å²) in [5.41, 5.74) is 7.05. The van der Waals surface area contributed by atoms with Gasteiger partial charge in [0.1, 0.15) is 0 Å². The maximum Gasteiger partial charge on any atom is 0.0931 e. The zero-order chi connectivity index (χ0) is 14.7. The molecule has 0 saturated heterocycles. The Morgan fingerprint density at radius 2 is 2.05 bits per heavy atom. The third-order valence-corrected chi connectivity index (χ3v) is 5.57. The van der Waals surface area contributed by atoms with Crippen molar-refractivity contribution in [2.24, 2.45) is 5.73 Å². The van der Waals surface area contributed by atoms with E-state index >= 15 is 0 Å². The SMILES string of the molecule is CN(Cc1ccc(Cl)s1)C(CN)c1ccc(Br)c(Cl)c1. The summed E-state index contributed by atoms with van der Waals surface area (Å²) < 4.78 is 1.70. The van der Waals surface area contributed by atoms with Gasteiger partial charge in [0.15, 0.2) is 0 Å². The first-order valence-electron chi connectivity index (χ1n) is 6.10. The second kappa shape index (κ2) is 7.25. The second-order valence-electron chi connectivity index (χ2n) is 4.55. The Hall–Kier alpha value is -0.100. The summed E-state index contributed by atoms with van der Waals surface area (Å²) in [5, 5.41) is 0.702. The smallest absolute Gasteiger partial charge is 0.0931 e. The molecule has 0 spiro atoms. The van der Waals surface area contributed by atoms with Crippen molar-refractivity contribution >= 4 is 50.5 Å². The van der Waals surface area contributed by atoms with E-state index in [-0.39, 0.29) is 6.04 Å². The molecule has 2 nitrogen and oxygen atoms in total. The molecule has 0 radical (unpaired) electrons. The van der Waals surface area contributed by atoms with Crippen LogP contribution in [0.5, 0.6) is 0 Å². The lowest BCUT2D eigenvalue weighted by Crippen LogP contribution is -2.29. The molecule has 2 rings (SSSR count). The van der Waals surface area contributed by atoms with Crippen molar-refractivity contribution in [3.8, 4) is 0 Å². The molecule has 2 aromatic rings. The van der Waals surface area contributed by atoms with Crippen molar-refractivity contribution in [1.29, 1.82) is 0 Å². The molecular formula is C14H15BrCl2N2S. The first kappa shape index (κ1) is 16.3. The summed E-state index contributed by atoms with van der Waals surface area (Å²) in [4.78, 5) is 3.43. The highest BCUT2D eigenvalue weighted by Gasteiger charge is 2.17. The molecule has 0 fully saturated rings. The standard InChI is InChI=1S/C14H15BrCl2N2S/c1-19(8-10-3-5-14(17)20-10)13(7-18)9-2-4-11(15)12(16)6-9/h2-6,13H,7-8,18H2,1H3. The predicted molar refractivity (Wildman–Crippen MR) is 91.7 cm³/mol. The normalized spacial score (nSPS) is 12.9. The van der Waals surface area contributed by atoms with E-state index in [4.69, 9.17) is 28.9 Å². The van der Waals surface area contributed by atoms with Gasteiger partial charge in [0.05, 0.1) is 9.36 Å². The monoisotopic (exact) mass is 392 g/mol. The number of likely N-dealkylation sites (N-methyl/N-ethyl adjacent to an activating group) is 1. The van der Waals surface area contributed by atoms with Crippen LogP contribution in [0.15, 0.2) is 34.8 Å². The van der Waals surface area contributed by atoms with Gasteiger partial charge >= 0.3 is 0 Å². The van der Waals surface area contributed by atoms with Crippen molar-refractivity contribution < 1.29 is 0 Å². The van der Waals surface area contributed by atoms with E-state index in [9.17, 15) is 0 Å². The summed E-state index contributed by atoms with van der Waals surface area (Å²) in [6, 6.07) is 10.1. The van der Waals surface area contributed by atoms with Crippen LogP contribution in [-0.2, 0) is 6.54 Å². The number of benzene rings is 1. The average molecular weight is 394 g/mol. The number of nitrogens with zero attached hydrogens (tertiary/aromatic N) is 1. The number of halogens is 3. The van der Waals surface area contributed by atoms with Crippen LogP contribution in [0.2, 0.25) is 9.36 Å². The molecule has 0 saturated carbocycles. The van der Waals surface area contributed by atoms with Crippen molar-refractivity contribution in [2.45, 2.75) is 12.6 Å². The van der Waals surface area contributed by atoms with Crippen LogP contribution < -0.4 is 5.73 Å². The van der Waals surface area contributed by atoms with E-state index < -0.39 is 0 Å². The third kappa shape index (κ3) is 3.97. The summed E-state index contributed by atoms with van der Waals surface area (Å²) in [5.74, 6) is 0. The Kier molecular flexibility index (Phi) is 5.90. The van der Waals surface area contributed by atoms with Crippen LogP contribution >= 0.6 is 50.5 Å². The molecule has 0 amide bonds. The molecule has 0 aliphatic carbocycles. The lowest BCUT2D eigenvalue weighted by atomic mass is 10.1. The molecule has 108 valence electrons.